The van der Waals surface area contributed by atoms with E-state index in [9.17, 15) is 4.79 Å². The number of anilines is 1. The first-order valence-corrected chi connectivity index (χ1v) is 10.1. The number of benzene rings is 2. The van der Waals surface area contributed by atoms with E-state index in [2.05, 4.69) is 40.2 Å². The van der Waals surface area contributed by atoms with E-state index in [0.717, 1.165) is 48.7 Å². The highest BCUT2D eigenvalue weighted by Gasteiger charge is 2.21. The average molecular weight is 383 g/mol. The van der Waals surface area contributed by atoms with Crippen LogP contribution in [0.3, 0.4) is 0 Å². The Bertz CT molecular complexity index is 906. The predicted molar refractivity (Wildman–Crippen MR) is 118 cm³/mol. The molecule has 1 amide bonds. The molecule has 2 heterocycles. The predicted octanol–water partition coefficient (Wildman–Crippen LogP) is 4.25. The van der Waals surface area contributed by atoms with Crippen molar-refractivity contribution in [1.29, 1.82) is 0 Å². The number of piperazine rings is 1. The molecule has 29 heavy (non-hydrogen) atoms. The van der Waals surface area contributed by atoms with E-state index in [4.69, 9.17) is 0 Å². The Morgan fingerprint density at radius 1 is 0.793 bits per heavy atom. The molecule has 1 aliphatic rings. The third-order valence-electron chi connectivity index (χ3n) is 5.26. The van der Waals surface area contributed by atoms with Gasteiger partial charge in [0.15, 0.2) is 0 Å². The fourth-order valence-electron chi connectivity index (χ4n) is 3.68. The van der Waals surface area contributed by atoms with Gasteiger partial charge in [-0.25, -0.2) is 4.98 Å². The standard InChI is InChI=1S/C25H25N3O/c29-25(28-19-17-27(18-20-28)24-13-7-8-16-26-24)15-14-23(21-9-3-1-4-10-21)22-11-5-2-6-12-22/h1-14,16H,15,17-20H2. The van der Waals surface area contributed by atoms with Gasteiger partial charge in [0.05, 0.1) is 0 Å². The van der Waals surface area contributed by atoms with Crippen molar-refractivity contribution in [3.05, 3.63) is 102 Å². The Labute approximate surface area is 172 Å². The fourth-order valence-corrected chi connectivity index (χ4v) is 3.68. The van der Waals surface area contributed by atoms with Gasteiger partial charge in [-0.3, -0.25) is 4.79 Å². The Balaban J connectivity index is 1.43. The topological polar surface area (TPSA) is 36.4 Å². The van der Waals surface area contributed by atoms with Gasteiger partial charge in [0.1, 0.15) is 5.82 Å². The van der Waals surface area contributed by atoms with Crippen LogP contribution in [0.15, 0.2) is 91.1 Å². The van der Waals surface area contributed by atoms with Crippen LogP contribution in [0.1, 0.15) is 17.5 Å². The van der Waals surface area contributed by atoms with Gasteiger partial charge < -0.3 is 9.80 Å². The van der Waals surface area contributed by atoms with Crippen LogP contribution in [0.25, 0.3) is 5.57 Å². The Hall–Kier alpha value is -3.40. The molecule has 146 valence electrons. The Morgan fingerprint density at radius 3 is 1.93 bits per heavy atom. The molecule has 4 rings (SSSR count). The van der Waals surface area contributed by atoms with Crippen molar-refractivity contribution in [3.63, 3.8) is 0 Å². The summed E-state index contributed by atoms with van der Waals surface area (Å²) in [6.07, 6.45) is 4.28. The maximum atomic E-state index is 12.9. The second-order valence-corrected chi connectivity index (χ2v) is 7.11. The molecule has 0 saturated carbocycles. The molecule has 0 spiro atoms. The molecule has 0 bridgehead atoms. The molecular weight excluding hydrogens is 358 g/mol. The lowest BCUT2D eigenvalue weighted by molar-refractivity contribution is -0.130. The molecule has 3 aromatic rings. The summed E-state index contributed by atoms with van der Waals surface area (Å²) < 4.78 is 0. The monoisotopic (exact) mass is 383 g/mol. The highest BCUT2D eigenvalue weighted by atomic mass is 16.2. The normalized spacial score (nSPS) is 13.8. The maximum Gasteiger partial charge on any atom is 0.226 e. The zero-order chi connectivity index (χ0) is 19.9. The van der Waals surface area contributed by atoms with Crippen molar-refractivity contribution in [2.45, 2.75) is 6.42 Å². The number of pyridine rings is 1. The smallest absolute Gasteiger partial charge is 0.226 e. The van der Waals surface area contributed by atoms with E-state index in [1.165, 1.54) is 0 Å². The molecule has 1 aliphatic heterocycles. The highest BCUT2D eigenvalue weighted by Crippen LogP contribution is 2.24. The molecule has 1 saturated heterocycles. The van der Waals surface area contributed by atoms with Gasteiger partial charge in [0, 0.05) is 38.8 Å². The Kier molecular flexibility index (Phi) is 6.01. The fraction of sp³-hybridized carbons (Fsp3) is 0.200. The van der Waals surface area contributed by atoms with Gasteiger partial charge in [-0.1, -0.05) is 72.8 Å². The molecule has 0 aliphatic carbocycles. The first-order chi connectivity index (χ1) is 14.3. The van der Waals surface area contributed by atoms with Gasteiger partial charge in [-0.15, -0.1) is 0 Å². The zero-order valence-electron chi connectivity index (χ0n) is 16.4. The van der Waals surface area contributed by atoms with Crippen molar-refractivity contribution in [3.8, 4) is 0 Å². The molecule has 0 radical (unpaired) electrons. The highest BCUT2D eigenvalue weighted by molar-refractivity contribution is 5.85. The zero-order valence-corrected chi connectivity index (χ0v) is 16.4. The third-order valence-corrected chi connectivity index (χ3v) is 5.26. The van der Waals surface area contributed by atoms with Crippen molar-refractivity contribution in [2.75, 3.05) is 31.1 Å². The van der Waals surface area contributed by atoms with Crippen molar-refractivity contribution < 1.29 is 4.79 Å². The number of amides is 1. The minimum atomic E-state index is 0.176. The van der Waals surface area contributed by atoms with Crippen LogP contribution in [0, 0.1) is 0 Å². The lowest BCUT2D eigenvalue weighted by Crippen LogP contribution is -2.48. The van der Waals surface area contributed by atoms with Crippen LogP contribution in [-0.2, 0) is 4.79 Å². The summed E-state index contributed by atoms with van der Waals surface area (Å²) in [4.78, 5) is 21.5. The lowest BCUT2D eigenvalue weighted by atomic mass is 9.97. The van der Waals surface area contributed by atoms with Gasteiger partial charge >= 0.3 is 0 Å². The minimum Gasteiger partial charge on any atom is -0.353 e. The molecule has 4 heteroatoms. The SMILES string of the molecule is O=C(CC=C(c1ccccc1)c1ccccc1)N1CCN(c2ccccn2)CC1. The number of rotatable bonds is 5. The summed E-state index contributed by atoms with van der Waals surface area (Å²) in [5.41, 5.74) is 3.37. The lowest BCUT2D eigenvalue weighted by Gasteiger charge is -2.35. The van der Waals surface area contributed by atoms with Crippen LogP contribution >= 0.6 is 0 Å². The first kappa shape index (κ1) is 18.9. The minimum absolute atomic E-state index is 0.176. The number of carbonyl (C=O) groups is 1. The summed E-state index contributed by atoms with van der Waals surface area (Å²) in [7, 11) is 0. The van der Waals surface area contributed by atoms with Crippen LogP contribution in [0.2, 0.25) is 0 Å². The summed E-state index contributed by atoms with van der Waals surface area (Å²) in [6, 6.07) is 26.5. The average Bonchev–Trinajstić information content (AvgIpc) is 2.81. The molecule has 1 aromatic heterocycles. The Morgan fingerprint density at radius 2 is 1.38 bits per heavy atom. The van der Waals surface area contributed by atoms with E-state index < -0.39 is 0 Å². The van der Waals surface area contributed by atoms with Crippen molar-refractivity contribution in [1.82, 2.24) is 9.88 Å². The summed E-state index contributed by atoms with van der Waals surface area (Å²) in [5.74, 6) is 1.16. The van der Waals surface area contributed by atoms with Crippen LogP contribution in [0.5, 0.6) is 0 Å². The van der Waals surface area contributed by atoms with E-state index in [0.29, 0.717) is 6.42 Å². The van der Waals surface area contributed by atoms with Gasteiger partial charge in [-0.2, -0.15) is 0 Å². The molecule has 2 aromatic carbocycles. The molecule has 0 N–H and O–H groups in total. The first-order valence-electron chi connectivity index (χ1n) is 10.1. The van der Waals surface area contributed by atoms with E-state index >= 15 is 0 Å². The molecule has 1 fully saturated rings. The van der Waals surface area contributed by atoms with E-state index in [1.807, 2.05) is 65.7 Å². The van der Waals surface area contributed by atoms with E-state index in [-0.39, 0.29) is 5.91 Å². The third kappa shape index (κ3) is 4.72. The van der Waals surface area contributed by atoms with Crippen molar-refractivity contribution >= 4 is 17.3 Å². The number of aromatic nitrogens is 1. The second-order valence-electron chi connectivity index (χ2n) is 7.11. The van der Waals surface area contributed by atoms with Crippen LogP contribution in [-0.4, -0.2) is 42.0 Å². The summed E-state index contributed by atoms with van der Waals surface area (Å²) >= 11 is 0. The summed E-state index contributed by atoms with van der Waals surface area (Å²) in [6.45, 7) is 3.10. The number of nitrogens with zero attached hydrogens (tertiary/aromatic N) is 3. The number of hydrogen-bond acceptors (Lipinski definition) is 3. The number of carbonyl (C=O) groups excluding carboxylic acids is 1. The molecule has 0 unspecified atom stereocenters. The quantitative estimate of drug-likeness (QED) is 0.661. The molecule has 4 nitrogen and oxygen atoms in total. The molecule has 0 atom stereocenters. The van der Waals surface area contributed by atoms with Gasteiger partial charge in [0.2, 0.25) is 5.91 Å². The van der Waals surface area contributed by atoms with E-state index in [1.54, 1.807) is 0 Å². The largest absolute Gasteiger partial charge is 0.353 e. The summed E-state index contributed by atoms with van der Waals surface area (Å²) in [5, 5.41) is 0. The van der Waals surface area contributed by atoms with Gasteiger partial charge in [0.25, 0.3) is 0 Å². The van der Waals surface area contributed by atoms with Crippen LogP contribution in [0.4, 0.5) is 5.82 Å². The van der Waals surface area contributed by atoms with Crippen LogP contribution < -0.4 is 4.90 Å². The van der Waals surface area contributed by atoms with Crippen molar-refractivity contribution in [2.24, 2.45) is 0 Å². The van der Waals surface area contributed by atoms with Gasteiger partial charge in [-0.05, 0) is 28.8 Å². The second kappa shape index (κ2) is 9.20. The number of hydrogen-bond donors (Lipinski definition) is 0. The molecular formula is C25H25N3O. The maximum absolute atomic E-state index is 12.9.